The Morgan fingerprint density at radius 2 is 2.35 bits per heavy atom. The molecule has 0 spiro atoms. The molecule has 1 aliphatic rings. The lowest BCUT2D eigenvalue weighted by Gasteiger charge is -2.18. The average molecular weight is 338 g/mol. The number of fused-ring (bicyclic) bond motifs is 2. The van der Waals surface area contributed by atoms with Crippen LogP contribution in [0.1, 0.15) is 24.2 Å². The van der Waals surface area contributed by atoms with E-state index in [9.17, 15) is 9.18 Å². The second kappa shape index (κ2) is 4.79. The van der Waals surface area contributed by atoms with E-state index < -0.39 is 0 Å². The van der Waals surface area contributed by atoms with Crippen LogP contribution in [0.4, 0.5) is 10.1 Å². The standard InChI is InChI=1S/C14H13BrFN3O/c1-2-19-5-9-11(10(19)6-20)13(17)7-3-4-8(16)12(15)14(7)18-9/h3-4,6,10H,2,5H2,1H3,(H2,17,18). The largest absolute Gasteiger partial charge is 0.398 e. The van der Waals surface area contributed by atoms with Crippen LogP contribution in [-0.2, 0) is 11.3 Å². The number of nitrogens with zero attached hydrogens (tertiary/aromatic N) is 2. The number of pyridine rings is 1. The van der Waals surface area contributed by atoms with Gasteiger partial charge in [0, 0.05) is 23.2 Å². The van der Waals surface area contributed by atoms with Crippen molar-refractivity contribution in [1.29, 1.82) is 0 Å². The zero-order valence-electron chi connectivity index (χ0n) is 10.9. The fourth-order valence-electron chi connectivity index (χ4n) is 2.75. The van der Waals surface area contributed by atoms with E-state index in [-0.39, 0.29) is 11.9 Å². The van der Waals surface area contributed by atoms with Gasteiger partial charge in [-0.3, -0.25) is 4.90 Å². The summed E-state index contributed by atoms with van der Waals surface area (Å²) in [6.45, 7) is 3.26. The molecule has 2 aromatic rings. The zero-order chi connectivity index (χ0) is 14.4. The van der Waals surface area contributed by atoms with Crippen molar-refractivity contribution < 1.29 is 9.18 Å². The van der Waals surface area contributed by atoms with Crippen molar-refractivity contribution >= 4 is 38.8 Å². The molecule has 20 heavy (non-hydrogen) atoms. The van der Waals surface area contributed by atoms with Gasteiger partial charge in [-0.15, -0.1) is 0 Å². The number of benzene rings is 1. The molecule has 4 nitrogen and oxygen atoms in total. The lowest BCUT2D eigenvalue weighted by Crippen LogP contribution is -2.22. The predicted molar refractivity (Wildman–Crippen MR) is 78.7 cm³/mol. The Labute approximate surface area is 123 Å². The van der Waals surface area contributed by atoms with Crippen molar-refractivity contribution in [2.45, 2.75) is 19.5 Å². The van der Waals surface area contributed by atoms with E-state index in [1.54, 1.807) is 6.07 Å². The van der Waals surface area contributed by atoms with Crippen molar-refractivity contribution in [3.63, 3.8) is 0 Å². The SMILES string of the molecule is CCN1Cc2nc3c(Br)c(F)ccc3c(N)c2C1C=O. The van der Waals surface area contributed by atoms with Crippen LogP contribution >= 0.6 is 15.9 Å². The first-order valence-electron chi connectivity index (χ1n) is 6.33. The molecule has 1 atom stereocenters. The number of halogens is 2. The third kappa shape index (κ3) is 1.75. The first-order chi connectivity index (χ1) is 9.58. The smallest absolute Gasteiger partial charge is 0.141 e. The molecule has 0 radical (unpaired) electrons. The fourth-order valence-corrected chi connectivity index (χ4v) is 3.18. The molecule has 2 N–H and O–H groups in total. The highest BCUT2D eigenvalue weighted by Gasteiger charge is 2.33. The van der Waals surface area contributed by atoms with E-state index in [1.807, 2.05) is 11.8 Å². The Bertz CT molecular complexity index is 719. The Balaban J connectivity index is 2.33. The van der Waals surface area contributed by atoms with Crippen LogP contribution in [0.25, 0.3) is 10.9 Å². The number of hydrogen-bond donors (Lipinski definition) is 1. The van der Waals surface area contributed by atoms with Gasteiger partial charge in [0.1, 0.15) is 12.1 Å². The number of likely N-dealkylation sites (N-methyl/N-ethyl adjacent to an activating group) is 1. The Morgan fingerprint density at radius 1 is 1.60 bits per heavy atom. The monoisotopic (exact) mass is 337 g/mol. The van der Waals surface area contributed by atoms with Gasteiger partial charge in [0.15, 0.2) is 0 Å². The van der Waals surface area contributed by atoms with Crippen LogP contribution in [0.2, 0.25) is 0 Å². The Kier molecular flexibility index (Phi) is 3.22. The van der Waals surface area contributed by atoms with Gasteiger partial charge in [0.25, 0.3) is 0 Å². The molecule has 6 heteroatoms. The molecule has 1 unspecified atom stereocenters. The van der Waals surface area contributed by atoms with Crippen LogP contribution in [-0.4, -0.2) is 22.7 Å². The molecule has 0 saturated carbocycles. The second-order valence-electron chi connectivity index (χ2n) is 4.79. The topological polar surface area (TPSA) is 59.2 Å². The third-order valence-electron chi connectivity index (χ3n) is 3.78. The van der Waals surface area contributed by atoms with Crippen molar-refractivity contribution in [2.24, 2.45) is 0 Å². The number of nitrogen functional groups attached to an aromatic ring is 1. The lowest BCUT2D eigenvalue weighted by atomic mass is 10.0. The van der Waals surface area contributed by atoms with Gasteiger partial charge in [0.05, 0.1) is 21.7 Å². The minimum Gasteiger partial charge on any atom is -0.398 e. The summed E-state index contributed by atoms with van der Waals surface area (Å²) in [5, 5.41) is 0.668. The summed E-state index contributed by atoms with van der Waals surface area (Å²) >= 11 is 3.21. The number of rotatable bonds is 2. The Hall–Kier alpha value is -1.53. The van der Waals surface area contributed by atoms with Crippen molar-refractivity contribution in [2.75, 3.05) is 12.3 Å². The van der Waals surface area contributed by atoms with Crippen molar-refractivity contribution in [1.82, 2.24) is 9.88 Å². The molecule has 3 rings (SSSR count). The summed E-state index contributed by atoms with van der Waals surface area (Å²) in [4.78, 5) is 17.9. The predicted octanol–water partition coefficient (Wildman–Crippen LogP) is 2.79. The molecular formula is C14H13BrFN3O. The quantitative estimate of drug-likeness (QED) is 0.856. The van der Waals surface area contributed by atoms with Crippen LogP contribution in [0.3, 0.4) is 0 Å². The van der Waals surface area contributed by atoms with Crippen LogP contribution in [0, 0.1) is 5.82 Å². The summed E-state index contributed by atoms with van der Waals surface area (Å²) in [6.07, 6.45) is 0.887. The number of hydrogen-bond acceptors (Lipinski definition) is 4. The lowest BCUT2D eigenvalue weighted by molar-refractivity contribution is -0.112. The number of carbonyl (C=O) groups excluding carboxylic acids is 1. The number of nitrogens with two attached hydrogens (primary N) is 1. The van der Waals surface area contributed by atoms with E-state index in [4.69, 9.17) is 5.73 Å². The maximum Gasteiger partial charge on any atom is 0.141 e. The molecule has 0 saturated heterocycles. The summed E-state index contributed by atoms with van der Waals surface area (Å²) in [7, 11) is 0. The van der Waals surface area contributed by atoms with Crippen LogP contribution in [0.5, 0.6) is 0 Å². The van der Waals surface area contributed by atoms with Crippen LogP contribution < -0.4 is 5.73 Å². The summed E-state index contributed by atoms with van der Waals surface area (Å²) in [5.41, 5.74) is 8.73. The Morgan fingerprint density at radius 3 is 3.00 bits per heavy atom. The van der Waals surface area contributed by atoms with Gasteiger partial charge < -0.3 is 10.5 Å². The van der Waals surface area contributed by atoms with Gasteiger partial charge in [-0.25, -0.2) is 9.37 Å². The van der Waals surface area contributed by atoms with E-state index in [1.165, 1.54) is 6.07 Å². The summed E-state index contributed by atoms with van der Waals surface area (Å²) < 4.78 is 13.9. The molecule has 104 valence electrons. The molecule has 0 fully saturated rings. The first kappa shape index (κ1) is 13.5. The highest BCUT2D eigenvalue weighted by atomic mass is 79.9. The molecular weight excluding hydrogens is 325 g/mol. The van der Waals surface area contributed by atoms with Gasteiger partial charge in [-0.2, -0.15) is 0 Å². The molecule has 0 bridgehead atoms. The summed E-state index contributed by atoms with van der Waals surface area (Å²) in [5.74, 6) is -0.373. The van der Waals surface area contributed by atoms with Gasteiger partial charge in [-0.05, 0) is 34.6 Å². The summed E-state index contributed by atoms with van der Waals surface area (Å²) in [6, 6.07) is 2.59. The van der Waals surface area contributed by atoms with Crippen molar-refractivity contribution in [3.05, 3.63) is 33.7 Å². The van der Waals surface area contributed by atoms with E-state index in [2.05, 4.69) is 20.9 Å². The molecule has 0 aliphatic carbocycles. The van der Waals surface area contributed by atoms with Gasteiger partial charge in [0.2, 0.25) is 0 Å². The number of carbonyl (C=O) groups is 1. The normalized spacial score (nSPS) is 18.4. The first-order valence-corrected chi connectivity index (χ1v) is 7.13. The second-order valence-corrected chi connectivity index (χ2v) is 5.58. The van der Waals surface area contributed by atoms with E-state index in [0.29, 0.717) is 27.6 Å². The maximum atomic E-state index is 13.6. The number of aldehydes is 1. The van der Waals surface area contributed by atoms with Crippen molar-refractivity contribution in [3.8, 4) is 0 Å². The van der Waals surface area contributed by atoms with E-state index in [0.717, 1.165) is 24.1 Å². The molecule has 0 amide bonds. The molecule has 1 aromatic carbocycles. The zero-order valence-corrected chi connectivity index (χ0v) is 12.4. The maximum absolute atomic E-state index is 13.6. The molecule has 1 aromatic heterocycles. The number of anilines is 1. The number of aromatic nitrogens is 1. The third-order valence-corrected chi connectivity index (χ3v) is 4.54. The van der Waals surface area contributed by atoms with E-state index >= 15 is 0 Å². The fraction of sp³-hybridized carbons (Fsp3) is 0.286. The highest BCUT2D eigenvalue weighted by Crippen LogP contribution is 2.40. The minimum absolute atomic E-state index is 0.308. The highest BCUT2D eigenvalue weighted by molar-refractivity contribution is 9.10. The van der Waals surface area contributed by atoms with Gasteiger partial charge >= 0.3 is 0 Å². The van der Waals surface area contributed by atoms with Crippen LogP contribution in [0.15, 0.2) is 16.6 Å². The molecule has 2 heterocycles. The average Bonchev–Trinajstić information content (AvgIpc) is 2.81. The van der Waals surface area contributed by atoms with Gasteiger partial charge in [-0.1, -0.05) is 6.92 Å². The molecule has 1 aliphatic heterocycles. The minimum atomic E-state index is -0.373.